The van der Waals surface area contributed by atoms with Crippen LogP contribution in [0.4, 0.5) is 27.8 Å². The highest BCUT2D eigenvalue weighted by molar-refractivity contribution is 6.30. The third kappa shape index (κ3) is 4.47. The molecule has 120 valence electrons. The number of carbonyl (C=O) groups excluding carboxylic acids is 1. The number of aromatic nitrogens is 1. The first-order valence-electron chi connectivity index (χ1n) is 7.32. The maximum absolute atomic E-state index is 12.0. The smallest absolute Gasteiger partial charge is 0.324 e. The predicted octanol–water partition coefficient (Wildman–Crippen LogP) is 5.12. The lowest BCUT2D eigenvalue weighted by molar-refractivity contribution is 0.262. The summed E-state index contributed by atoms with van der Waals surface area (Å²) < 4.78 is 0. The first-order valence-corrected chi connectivity index (χ1v) is 7.69. The van der Waals surface area contributed by atoms with Crippen molar-refractivity contribution in [1.82, 2.24) is 4.98 Å². The second-order valence-corrected chi connectivity index (χ2v) is 5.42. The SMILES string of the molecule is O=C(Nc1ccc(Cl)cc1)Nc1cccc(Nc2ccccc2)n1. The monoisotopic (exact) mass is 338 g/mol. The molecule has 0 unspecified atom stereocenters. The first-order chi connectivity index (χ1) is 11.7. The van der Waals surface area contributed by atoms with Gasteiger partial charge in [0.15, 0.2) is 0 Å². The molecule has 1 heterocycles. The van der Waals surface area contributed by atoms with Gasteiger partial charge in [-0.2, -0.15) is 0 Å². The fraction of sp³-hybridized carbons (Fsp3) is 0. The zero-order valence-corrected chi connectivity index (χ0v) is 13.4. The predicted molar refractivity (Wildman–Crippen MR) is 98.1 cm³/mol. The van der Waals surface area contributed by atoms with Gasteiger partial charge in [-0.15, -0.1) is 0 Å². The van der Waals surface area contributed by atoms with Crippen LogP contribution in [0.15, 0.2) is 72.8 Å². The van der Waals surface area contributed by atoms with Crippen molar-refractivity contribution < 1.29 is 4.79 Å². The molecule has 0 radical (unpaired) electrons. The Balaban J connectivity index is 1.63. The van der Waals surface area contributed by atoms with Gasteiger partial charge in [-0.25, -0.2) is 9.78 Å². The molecule has 0 saturated heterocycles. The van der Waals surface area contributed by atoms with Gasteiger partial charge in [0.25, 0.3) is 0 Å². The van der Waals surface area contributed by atoms with Crippen molar-refractivity contribution in [3.05, 3.63) is 77.8 Å². The Morgan fingerprint density at radius 3 is 2.21 bits per heavy atom. The summed E-state index contributed by atoms with van der Waals surface area (Å²) >= 11 is 5.82. The Morgan fingerprint density at radius 1 is 0.750 bits per heavy atom. The van der Waals surface area contributed by atoms with Crippen LogP contribution < -0.4 is 16.0 Å². The van der Waals surface area contributed by atoms with Crippen molar-refractivity contribution >= 4 is 40.6 Å². The maximum Gasteiger partial charge on any atom is 0.324 e. The van der Waals surface area contributed by atoms with E-state index in [2.05, 4.69) is 20.9 Å². The molecule has 0 aliphatic carbocycles. The molecule has 0 fully saturated rings. The van der Waals surface area contributed by atoms with Crippen LogP contribution in [0, 0.1) is 0 Å². The van der Waals surface area contributed by atoms with Crippen LogP contribution >= 0.6 is 11.6 Å². The van der Waals surface area contributed by atoms with E-state index in [1.165, 1.54) is 0 Å². The molecule has 5 nitrogen and oxygen atoms in total. The Morgan fingerprint density at radius 2 is 1.46 bits per heavy atom. The lowest BCUT2D eigenvalue weighted by Crippen LogP contribution is -2.20. The molecule has 0 spiro atoms. The minimum absolute atomic E-state index is 0.373. The molecule has 2 aromatic carbocycles. The lowest BCUT2D eigenvalue weighted by atomic mass is 10.3. The van der Waals surface area contributed by atoms with Crippen LogP contribution in [0.1, 0.15) is 0 Å². The fourth-order valence-electron chi connectivity index (χ4n) is 2.06. The van der Waals surface area contributed by atoms with Crippen LogP contribution in [0.2, 0.25) is 5.02 Å². The highest BCUT2D eigenvalue weighted by Gasteiger charge is 2.05. The standard InChI is InChI=1S/C18H15ClN4O/c19-13-9-11-15(12-10-13)21-18(24)23-17-8-4-7-16(22-17)20-14-5-2-1-3-6-14/h1-12H,(H3,20,21,22,23,24). The highest BCUT2D eigenvalue weighted by atomic mass is 35.5. The summed E-state index contributed by atoms with van der Waals surface area (Å²) in [6.45, 7) is 0. The molecule has 3 N–H and O–H groups in total. The summed E-state index contributed by atoms with van der Waals surface area (Å²) in [5.74, 6) is 1.09. The first kappa shape index (κ1) is 15.8. The fourth-order valence-corrected chi connectivity index (χ4v) is 2.18. The van der Waals surface area contributed by atoms with Crippen molar-refractivity contribution in [2.24, 2.45) is 0 Å². The van der Waals surface area contributed by atoms with Gasteiger partial charge in [-0.1, -0.05) is 35.9 Å². The molecule has 3 aromatic rings. The molecule has 3 rings (SSSR count). The molecule has 0 saturated carbocycles. The minimum Gasteiger partial charge on any atom is -0.340 e. The summed E-state index contributed by atoms with van der Waals surface area (Å²) in [5.41, 5.74) is 1.57. The van der Waals surface area contributed by atoms with E-state index in [9.17, 15) is 4.79 Å². The summed E-state index contributed by atoms with van der Waals surface area (Å²) in [6, 6.07) is 21.5. The molecule has 24 heavy (non-hydrogen) atoms. The lowest BCUT2D eigenvalue weighted by Gasteiger charge is -2.09. The minimum atomic E-state index is -0.373. The van der Waals surface area contributed by atoms with Gasteiger partial charge >= 0.3 is 6.03 Å². The van der Waals surface area contributed by atoms with E-state index in [4.69, 9.17) is 11.6 Å². The van der Waals surface area contributed by atoms with Gasteiger partial charge in [-0.05, 0) is 48.5 Å². The van der Waals surface area contributed by atoms with E-state index in [0.717, 1.165) is 5.69 Å². The Kier molecular flexibility index (Phi) is 4.93. The Bertz CT molecular complexity index is 822. The zero-order chi connectivity index (χ0) is 16.8. The van der Waals surface area contributed by atoms with Crippen LogP contribution in [-0.2, 0) is 0 Å². The van der Waals surface area contributed by atoms with E-state index in [1.54, 1.807) is 30.3 Å². The molecule has 0 bridgehead atoms. The number of halogens is 1. The van der Waals surface area contributed by atoms with E-state index >= 15 is 0 Å². The van der Waals surface area contributed by atoms with Crippen LogP contribution in [0.5, 0.6) is 0 Å². The molecule has 2 amide bonds. The highest BCUT2D eigenvalue weighted by Crippen LogP contribution is 2.17. The molecule has 0 aliphatic heterocycles. The van der Waals surface area contributed by atoms with Gasteiger partial charge in [0, 0.05) is 16.4 Å². The van der Waals surface area contributed by atoms with Crippen LogP contribution in [-0.4, -0.2) is 11.0 Å². The number of hydrogen-bond donors (Lipinski definition) is 3. The van der Waals surface area contributed by atoms with Crippen LogP contribution in [0.3, 0.4) is 0 Å². The largest absolute Gasteiger partial charge is 0.340 e. The normalized spacial score (nSPS) is 10.0. The van der Waals surface area contributed by atoms with Crippen molar-refractivity contribution in [1.29, 1.82) is 0 Å². The van der Waals surface area contributed by atoms with Crippen molar-refractivity contribution in [3.63, 3.8) is 0 Å². The number of para-hydroxylation sites is 1. The number of rotatable bonds is 4. The van der Waals surface area contributed by atoms with Crippen LogP contribution in [0.25, 0.3) is 0 Å². The molecule has 6 heteroatoms. The van der Waals surface area contributed by atoms with Crippen molar-refractivity contribution in [2.45, 2.75) is 0 Å². The summed E-state index contributed by atoms with van der Waals surface area (Å²) in [7, 11) is 0. The number of pyridine rings is 1. The number of urea groups is 1. The van der Waals surface area contributed by atoms with Gasteiger partial charge in [0.05, 0.1) is 0 Å². The number of nitrogens with one attached hydrogen (secondary N) is 3. The van der Waals surface area contributed by atoms with Gasteiger partial charge in [-0.3, -0.25) is 5.32 Å². The number of anilines is 4. The van der Waals surface area contributed by atoms with E-state index in [-0.39, 0.29) is 6.03 Å². The molecular formula is C18H15ClN4O. The maximum atomic E-state index is 12.0. The van der Waals surface area contributed by atoms with E-state index in [0.29, 0.717) is 22.3 Å². The summed E-state index contributed by atoms with van der Waals surface area (Å²) in [5, 5.41) is 9.20. The molecule has 0 atom stereocenters. The van der Waals surface area contributed by atoms with Crippen molar-refractivity contribution in [3.8, 4) is 0 Å². The number of carbonyl (C=O) groups is 1. The number of hydrogen-bond acceptors (Lipinski definition) is 3. The number of nitrogens with zero attached hydrogens (tertiary/aromatic N) is 1. The average Bonchev–Trinajstić information content (AvgIpc) is 2.58. The number of amides is 2. The van der Waals surface area contributed by atoms with E-state index in [1.807, 2.05) is 42.5 Å². The summed E-state index contributed by atoms with van der Waals surface area (Å²) in [6.07, 6.45) is 0. The zero-order valence-electron chi connectivity index (χ0n) is 12.7. The van der Waals surface area contributed by atoms with Gasteiger partial charge in [0.1, 0.15) is 11.6 Å². The second-order valence-electron chi connectivity index (χ2n) is 4.99. The molecule has 0 aliphatic rings. The number of benzene rings is 2. The van der Waals surface area contributed by atoms with Crippen molar-refractivity contribution in [2.75, 3.05) is 16.0 Å². The van der Waals surface area contributed by atoms with Gasteiger partial charge in [0.2, 0.25) is 0 Å². The third-order valence-electron chi connectivity index (χ3n) is 3.14. The topological polar surface area (TPSA) is 66.1 Å². The second kappa shape index (κ2) is 7.48. The third-order valence-corrected chi connectivity index (χ3v) is 3.39. The average molecular weight is 339 g/mol. The van der Waals surface area contributed by atoms with E-state index < -0.39 is 0 Å². The summed E-state index contributed by atoms with van der Waals surface area (Å²) in [4.78, 5) is 16.4. The Labute approximate surface area is 144 Å². The molecule has 1 aromatic heterocycles. The molecular weight excluding hydrogens is 324 g/mol. The van der Waals surface area contributed by atoms with Gasteiger partial charge < -0.3 is 10.6 Å². The Hall–Kier alpha value is -3.05. The quantitative estimate of drug-likeness (QED) is 0.618.